The summed E-state index contributed by atoms with van der Waals surface area (Å²) in [4.78, 5) is -1.95. The van der Waals surface area contributed by atoms with E-state index in [4.69, 9.17) is 10.4 Å². The van der Waals surface area contributed by atoms with E-state index in [1.165, 1.54) is 12.1 Å². The topological polar surface area (TPSA) is 147 Å². The van der Waals surface area contributed by atoms with Crippen molar-refractivity contribution < 1.29 is 25.9 Å². The van der Waals surface area contributed by atoms with Crippen LogP contribution in [0, 0.1) is 0 Å². The normalized spacial score (nSPS) is 12.6. The van der Waals surface area contributed by atoms with Crippen molar-refractivity contribution >= 4 is 36.7 Å². The summed E-state index contributed by atoms with van der Waals surface area (Å²) in [7, 11) is -9.81. The molecule has 0 saturated carbocycles. The summed E-state index contributed by atoms with van der Waals surface area (Å²) < 4.78 is 63.8. The molecular weight excluding hydrogens is 308 g/mol. The number of nitrogens with two attached hydrogens (primary N) is 1. The molecule has 20 heavy (non-hydrogen) atoms. The molecule has 8 nitrogen and oxygen atoms in total. The first-order valence-corrected chi connectivity index (χ1v) is 8.01. The summed E-state index contributed by atoms with van der Waals surface area (Å²) in [6, 6.07) is 7.08. The van der Waals surface area contributed by atoms with Crippen molar-refractivity contribution in [2.75, 3.05) is 5.43 Å². The van der Waals surface area contributed by atoms with Crippen LogP contribution in [0.4, 0.5) is 5.69 Å². The molecule has 0 unspecified atom stereocenters. The summed E-state index contributed by atoms with van der Waals surface area (Å²) in [5.74, 6) is 5.22. The van der Waals surface area contributed by atoms with Crippen LogP contribution in [0.5, 0.6) is 0 Å². The van der Waals surface area contributed by atoms with Gasteiger partial charge in [-0.25, -0.2) is 0 Å². The molecule has 0 aliphatic carbocycles. The van der Waals surface area contributed by atoms with Gasteiger partial charge in [-0.3, -0.25) is 14.9 Å². The smallest absolute Gasteiger partial charge is 0.298 e. The van der Waals surface area contributed by atoms with Crippen LogP contribution >= 0.6 is 0 Å². The van der Waals surface area contributed by atoms with Crippen LogP contribution < -0.4 is 11.3 Å². The van der Waals surface area contributed by atoms with E-state index in [0.717, 1.165) is 6.07 Å². The Balaban J connectivity index is 3.14. The number of rotatable bonds is 3. The molecule has 0 atom stereocenters. The molecule has 2 aromatic carbocycles. The van der Waals surface area contributed by atoms with Gasteiger partial charge in [-0.05, 0) is 11.5 Å². The highest BCUT2D eigenvalue weighted by Gasteiger charge is 2.29. The van der Waals surface area contributed by atoms with Crippen LogP contribution in [0.3, 0.4) is 0 Å². The summed E-state index contributed by atoms with van der Waals surface area (Å²) in [6.07, 6.45) is 0. The molecule has 2 aromatic rings. The minimum absolute atomic E-state index is 0.273. The van der Waals surface area contributed by atoms with Gasteiger partial charge in [0.15, 0.2) is 0 Å². The Morgan fingerprint density at radius 2 is 1.60 bits per heavy atom. The lowest BCUT2D eigenvalue weighted by Gasteiger charge is -2.13. The van der Waals surface area contributed by atoms with Crippen LogP contribution in [0.15, 0.2) is 40.1 Å². The average Bonchev–Trinajstić information content (AvgIpc) is 2.34. The Morgan fingerprint density at radius 1 is 1.00 bits per heavy atom. The molecule has 0 spiro atoms. The summed E-state index contributed by atoms with van der Waals surface area (Å²) in [6.45, 7) is 0. The van der Waals surface area contributed by atoms with Crippen LogP contribution in [-0.4, -0.2) is 25.9 Å². The number of hydrogen-bond donors (Lipinski definition) is 4. The highest BCUT2D eigenvalue weighted by molar-refractivity contribution is 7.89. The fourth-order valence-electron chi connectivity index (χ4n) is 1.89. The number of benzene rings is 2. The number of hydrogen-bond acceptors (Lipinski definition) is 6. The molecule has 108 valence electrons. The van der Waals surface area contributed by atoms with Gasteiger partial charge in [-0.1, -0.05) is 24.3 Å². The van der Waals surface area contributed by atoms with E-state index in [-0.39, 0.29) is 11.1 Å². The van der Waals surface area contributed by atoms with Gasteiger partial charge in [0.05, 0.1) is 5.69 Å². The third kappa shape index (κ3) is 2.46. The molecule has 0 amide bonds. The van der Waals surface area contributed by atoms with Gasteiger partial charge in [0.25, 0.3) is 20.2 Å². The maximum Gasteiger partial charge on any atom is 0.298 e. The Kier molecular flexibility index (Phi) is 3.44. The SMILES string of the molecule is NNc1c(S(=O)(=O)O)c(S(=O)(=O)O)cc2ccccc12. The van der Waals surface area contributed by atoms with Crippen LogP contribution in [0.2, 0.25) is 0 Å². The first kappa shape index (κ1) is 14.7. The van der Waals surface area contributed by atoms with E-state index < -0.39 is 30.0 Å². The van der Waals surface area contributed by atoms with E-state index in [0.29, 0.717) is 5.39 Å². The quantitative estimate of drug-likeness (QED) is 0.366. The van der Waals surface area contributed by atoms with Crippen LogP contribution in [0.1, 0.15) is 0 Å². The van der Waals surface area contributed by atoms with Gasteiger partial charge in [-0.15, -0.1) is 0 Å². The van der Waals surface area contributed by atoms with Gasteiger partial charge in [0.2, 0.25) is 0 Å². The van der Waals surface area contributed by atoms with Crippen LogP contribution in [-0.2, 0) is 20.2 Å². The zero-order valence-corrected chi connectivity index (χ0v) is 11.4. The van der Waals surface area contributed by atoms with Gasteiger partial charge < -0.3 is 5.43 Å². The van der Waals surface area contributed by atoms with Gasteiger partial charge in [-0.2, -0.15) is 16.8 Å². The number of anilines is 1. The molecule has 0 fully saturated rings. The Hall–Kier alpha value is -1.72. The van der Waals surface area contributed by atoms with Crippen molar-refractivity contribution in [2.45, 2.75) is 9.79 Å². The fourth-order valence-corrected chi connectivity index (χ4v) is 3.88. The molecule has 10 heteroatoms. The minimum atomic E-state index is -4.93. The molecular formula is C10H10N2O6S2. The highest BCUT2D eigenvalue weighted by Crippen LogP contribution is 2.35. The largest absolute Gasteiger partial charge is 0.322 e. The predicted octanol–water partition coefficient (Wildman–Crippen LogP) is 0.619. The fraction of sp³-hybridized carbons (Fsp3) is 0. The molecule has 2 rings (SSSR count). The van der Waals surface area contributed by atoms with E-state index in [9.17, 15) is 21.4 Å². The maximum atomic E-state index is 11.4. The second-order valence-corrected chi connectivity index (χ2v) is 6.64. The lowest BCUT2D eigenvalue weighted by atomic mass is 10.1. The number of fused-ring (bicyclic) bond motifs is 1. The van der Waals surface area contributed by atoms with Gasteiger partial charge in [0, 0.05) is 5.39 Å². The third-order valence-corrected chi connectivity index (χ3v) is 4.59. The van der Waals surface area contributed by atoms with Crippen molar-refractivity contribution in [1.29, 1.82) is 0 Å². The standard InChI is InChI=1S/C10H10N2O6S2/c11-12-9-7-4-2-1-3-6(7)5-8(19(13,14)15)10(9)20(16,17)18/h1-5,12H,11H2,(H,13,14,15)(H,16,17,18). The zero-order valence-electron chi connectivity index (χ0n) is 9.81. The van der Waals surface area contributed by atoms with Gasteiger partial charge >= 0.3 is 0 Å². The maximum absolute atomic E-state index is 11.4. The molecule has 0 aliphatic heterocycles. The summed E-state index contributed by atoms with van der Waals surface area (Å²) >= 11 is 0. The second kappa shape index (κ2) is 4.68. The first-order chi connectivity index (χ1) is 9.16. The van der Waals surface area contributed by atoms with E-state index in [1.54, 1.807) is 12.1 Å². The van der Waals surface area contributed by atoms with Crippen molar-refractivity contribution in [3.63, 3.8) is 0 Å². The first-order valence-electron chi connectivity index (χ1n) is 5.13. The molecule has 0 saturated heterocycles. The van der Waals surface area contributed by atoms with Crippen LogP contribution in [0.25, 0.3) is 10.8 Å². The lowest BCUT2D eigenvalue weighted by Crippen LogP contribution is -2.16. The van der Waals surface area contributed by atoms with E-state index in [1.807, 2.05) is 5.43 Å². The Bertz CT molecular complexity index is 889. The second-order valence-electron chi connectivity index (χ2n) is 3.89. The molecule has 0 heterocycles. The Labute approximate surface area is 114 Å². The van der Waals surface area contributed by atoms with Crippen molar-refractivity contribution in [1.82, 2.24) is 0 Å². The molecule has 0 radical (unpaired) electrons. The zero-order chi connectivity index (χ0) is 15.1. The molecule has 0 aromatic heterocycles. The lowest BCUT2D eigenvalue weighted by molar-refractivity contribution is 0.467. The predicted molar refractivity (Wildman–Crippen MR) is 71.4 cm³/mol. The average molecular weight is 318 g/mol. The molecule has 0 aliphatic rings. The minimum Gasteiger partial charge on any atom is -0.322 e. The summed E-state index contributed by atoms with van der Waals surface area (Å²) in [5, 5.41) is 0.593. The number of nitrogen functional groups attached to an aromatic ring is 1. The van der Waals surface area contributed by atoms with E-state index >= 15 is 0 Å². The number of nitrogens with one attached hydrogen (secondary N) is 1. The summed E-state index contributed by atoms with van der Waals surface area (Å²) in [5.41, 5.74) is 1.72. The monoisotopic (exact) mass is 318 g/mol. The van der Waals surface area contributed by atoms with Crippen molar-refractivity contribution in [3.05, 3.63) is 30.3 Å². The van der Waals surface area contributed by atoms with Crippen molar-refractivity contribution in [3.8, 4) is 0 Å². The molecule has 5 N–H and O–H groups in total. The Morgan fingerprint density at radius 3 is 2.10 bits per heavy atom. The molecule has 0 bridgehead atoms. The highest BCUT2D eigenvalue weighted by atomic mass is 32.2. The van der Waals surface area contributed by atoms with Gasteiger partial charge in [0.1, 0.15) is 9.79 Å². The van der Waals surface area contributed by atoms with Crippen molar-refractivity contribution in [2.24, 2.45) is 5.84 Å². The third-order valence-electron chi connectivity index (χ3n) is 2.65. The van der Waals surface area contributed by atoms with E-state index in [2.05, 4.69) is 0 Å². The number of hydrazine groups is 1.